The molecule has 0 fully saturated rings. The first kappa shape index (κ1) is 20.0. The molecule has 0 spiro atoms. The Balaban J connectivity index is 0. The minimum absolute atomic E-state index is 0.145. The molecule has 1 heteroatoms. The van der Waals surface area contributed by atoms with E-state index in [0.29, 0.717) is 0 Å². The average molecular weight is 264 g/mol. The highest BCUT2D eigenvalue weighted by Gasteiger charge is 1.89. The third-order valence-electron chi connectivity index (χ3n) is 2.65. The maximum atomic E-state index is 11.2. The number of halogens is 1. The van der Waals surface area contributed by atoms with Gasteiger partial charge in [0.2, 0.25) is 0 Å². The van der Waals surface area contributed by atoms with Gasteiger partial charge in [-0.15, -0.1) is 12.8 Å². The number of benzene rings is 1. The molecule has 0 heterocycles. The first-order valence-corrected chi connectivity index (χ1v) is 7.28. The number of terminal acetylenes is 1. The third kappa shape index (κ3) is 16.7. The Bertz CT molecular complexity index is 260. The smallest absolute Gasteiger partial charge is 0.0894 e. The second-order valence-corrected chi connectivity index (χ2v) is 4.34. The predicted molar refractivity (Wildman–Crippen MR) is 85.1 cm³/mol. The fraction of sp³-hybridized carbons (Fsp3) is 0.556. The van der Waals surface area contributed by atoms with Gasteiger partial charge in [-0.1, -0.05) is 69.9 Å². The molecule has 1 rings (SSSR count). The normalized spacial score (nSPS) is 8.68. The van der Waals surface area contributed by atoms with Crippen molar-refractivity contribution in [3.05, 3.63) is 35.9 Å². The van der Waals surface area contributed by atoms with E-state index in [9.17, 15) is 4.39 Å². The van der Waals surface area contributed by atoms with Crippen molar-refractivity contribution in [2.75, 3.05) is 6.67 Å². The van der Waals surface area contributed by atoms with Crippen LogP contribution in [0, 0.1) is 12.8 Å². The van der Waals surface area contributed by atoms with Gasteiger partial charge in [-0.05, 0) is 24.8 Å². The van der Waals surface area contributed by atoms with Crippen molar-refractivity contribution >= 4 is 0 Å². The lowest BCUT2D eigenvalue weighted by molar-refractivity contribution is 0.460. The summed E-state index contributed by atoms with van der Waals surface area (Å²) in [5.41, 5.74) is 1.47. The van der Waals surface area contributed by atoms with Gasteiger partial charge < -0.3 is 0 Å². The summed E-state index contributed by atoms with van der Waals surface area (Å²) in [6.07, 6.45) is 16.1. The van der Waals surface area contributed by atoms with E-state index in [1.54, 1.807) is 0 Å². The van der Waals surface area contributed by atoms with Crippen LogP contribution in [0.4, 0.5) is 4.39 Å². The quantitative estimate of drug-likeness (QED) is 0.430. The Morgan fingerprint density at radius 2 is 1.37 bits per heavy atom. The molecule has 0 nitrogen and oxygen atoms in total. The van der Waals surface area contributed by atoms with Crippen molar-refractivity contribution < 1.29 is 4.39 Å². The van der Waals surface area contributed by atoms with Crippen LogP contribution in [-0.4, -0.2) is 6.67 Å². The topological polar surface area (TPSA) is 0 Å². The minimum atomic E-state index is -0.145. The van der Waals surface area contributed by atoms with E-state index in [0.717, 1.165) is 19.3 Å². The van der Waals surface area contributed by atoms with Crippen molar-refractivity contribution in [3.8, 4) is 12.8 Å². The Hall–Kier alpha value is -1.29. The fourth-order valence-electron chi connectivity index (χ4n) is 1.57. The van der Waals surface area contributed by atoms with Crippen molar-refractivity contribution in [1.82, 2.24) is 0 Å². The fourth-order valence-corrected chi connectivity index (χ4v) is 1.57. The first-order valence-electron chi connectivity index (χ1n) is 7.28. The standard InChI is InChI=1S/C11H16.C5H11F.C2H2/c1-2-3-5-8-11-9-6-4-7-10-11;1-2-3-4-5-6;1-2/h4,6-7,9-10H,2-3,5,8H2,1H3;2-5H2,1H3;1-2H. The van der Waals surface area contributed by atoms with Crippen LogP contribution in [0.5, 0.6) is 0 Å². The number of alkyl halides is 1. The van der Waals surface area contributed by atoms with E-state index in [-0.39, 0.29) is 6.67 Å². The largest absolute Gasteiger partial charge is 0.251 e. The van der Waals surface area contributed by atoms with E-state index < -0.39 is 0 Å². The maximum absolute atomic E-state index is 11.2. The SMILES string of the molecule is C#C.CCCCCF.CCCCCc1ccccc1. The van der Waals surface area contributed by atoms with Crippen LogP contribution in [-0.2, 0) is 6.42 Å². The highest BCUT2D eigenvalue weighted by atomic mass is 19.1. The lowest BCUT2D eigenvalue weighted by Crippen LogP contribution is -1.83. The lowest BCUT2D eigenvalue weighted by Gasteiger charge is -1.98. The van der Waals surface area contributed by atoms with E-state index in [1.807, 2.05) is 0 Å². The minimum Gasteiger partial charge on any atom is -0.251 e. The molecule has 0 aliphatic carbocycles. The number of unbranched alkanes of at least 4 members (excludes halogenated alkanes) is 4. The molecule has 0 amide bonds. The van der Waals surface area contributed by atoms with Gasteiger partial charge in [-0.3, -0.25) is 4.39 Å². The van der Waals surface area contributed by atoms with Gasteiger partial charge >= 0.3 is 0 Å². The lowest BCUT2D eigenvalue weighted by atomic mass is 10.1. The summed E-state index contributed by atoms with van der Waals surface area (Å²) < 4.78 is 11.2. The zero-order valence-electron chi connectivity index (χ0n) is 12.6. The number of aryl methyl sites for hydroxylation is 1. The van der Waals surface area contributed by atoms with Crippen LogP contribution in [0.2, 0.25) is 0 Å². The zero-order valence-corrected chi connectivity index (χ0v) is 12.6. The molecular formula is C18H29F. The van der Waals surface area contributed by atoms with Crippen molar-refractivity contribution in [2.45, 2.75) is 58.8 Å². The molecule has 0 N–H and O–H groups in total. The predicted octanol–water partition coefficient (Wildman–Crippen LogP) is 5.81. The van der Waals surface area contributed by atoms with Gasteiger partial charge in [-0.25, -0.2) is 0 Å². The van der Waals surface area contributed by atoms with Crippen molar-refractivity contribution in [3.63, 3.8) is 0 Å². The number of hydrogen-bond donors (Lipinski definition) is 0. The maximum Gasteiger partial charge on any atom is 0.0894 e. The molecule has 0 aliphatic heterocycles. The van der Waals surface area contributed by atoms with Crippen LogP contribution < -0.4 is 0 Å². The molecular weight excluding hydrogens is 235 g/mol. The number of hydrogen-bond acceptors (Lipinski definition) is 0. The van der Waals surface area contributed by atoms with Crippen molar-refractivity contribution in [1.29, 1.82) is 0 Å². The van der Waals surface area contributed by atoms with E-state index >= 15 is 0 Å². The van der Waals surface area contributed by atoms with Crippen molar-refractivity contribution in [2.24, 2.45) is 0 Å². The first-order chi connectivity index (χ1) is 9.35. The molecule has 0 bridgehead atoms. The molecule has 0 saturated carbocycles. The van der Waals surface area contributed by atoms with Gasteiger partial charge in [0.05, 0.1) is 6.67 Å². The Labute approximate surface area is 119 Å². The van der Waals surface area contributed by atoms with Crippen LogP contribution in [0.25, 0.3) is 0 Å². The zero-order chi connectivity index (χ0) is 14.8. The Kier molecular flexibility index (Phi) is 20.1. The molecule has 0 aromatic heterocycles. The molecule has 0 radical (unpaired) electrons. The molecule has 1 aromatic rings. The summed E-state index contributed by atoms with van der Waals surface area (Å²) in [6, 6.07) is 10.7. The summed E-state index contributed by atoms with van der Waals surface area (Å²) in [4.78, 5) is 0. The molecule has 19 heavy (non-hydrogen) atoms. The molecule has 0 aliphatic rings. The summed E-state index contributed by atoms with van der Waals surface area (Å²) in [6.45, 7) is 4.16. The van der Waals surface area contributed by atoms with Gasteiger partial charge in [0.15, 0.2) is 0 Å². The van der Waals surface area contributed by atoms with E-state index in [4.69, 9.17) is 0 Å². The van der Waals surface area contributed by atoms with Gasteiger partial charge in [0, 0.05) is 0 Å². The monoisotopic (exact) mass is 264 g/mol. The van der Waals surface area contributed by atoms with Crippen LogP contribution in [0.1, 0.15) is 57.9 Å². The number of rotatable bonds is 7. The van der Waals surface area contributed by atoms with Gasteiger partial charge in [0.25, 0.3) is 0 Å². The molecule has 0 atom stereocenters. The molecule has 108 valence electrons. The van der Waals surface area contributed by atoms with Gasteiger partial charge in [-0.2, -0.15) is 0 Å². The molecule has 1 aromatic carbocycles. The van der Waals surface area contributed by atoms with Gasteiger partial charge in [0.1, 0.15) is 0 Å². The summed E-state index contributed by atoms with van der Waals surface area (Å²) in [5.74, 6) is 0. The molecule has 0 saturated heterocycles. The summed E-state index contributed by atoms with van der Waals surface area (Å²) >= 11 is 0. The summed E-state index contributed by atoms with van der Waals surface area (Å²) in [5, 5.41) is 0. The Morgan fingerprint density at radius 3 is 1.79 bits per heavy atom. The van der Waals surface area contributed by atoms with E-state index in [2.05, 4.69) is 57.0 Å². The highest BCUT2D eigenvalue weighted by molar-refractivity contribution is 5.14. The highest BCUT2D eigenvalue weighted by Crippen LogP contribution is 2.05. The van der Waals surface area contributed by atoms with E-state index in [1.165, 1.54) is 31.2 Å². The molecule has 0 unspecified atom stereocenters. The van der Waals surface area contributed by atoms with Crippen LogP contribution >= 0.6 is 0 Å². The second kappa shape index (κ2) is 19.1. The Morgan fingerprint density at radius 1 is 0.842 bits per heavy atom. The second-order valence-electron chi connectivity index (χ2n) is 4.34. The summed E-state index contributed by atoms with van der Waals surface area (Å²) in [7, 11) is 0. The van der Waals surface area contributed by atoms with Crippen LogP contribution in [0.3, 0.4) is 0 Å². The third-order valence-corrected chi connectivity index (χ3v) is 2.65. The van der Waals surface area contributed by atoms with Crippen LogP contribution in [0.15, 0.2) is 30.3 Å². The average Bonchev–Trinajstić information content (AvgIpc) is 2.49.